The maximum Gasteiger partial charge on any atom is 0.180 e. The fourth-order valence-corrected chi connectivity index (χ4v) is 2.71. The monoisotopic (exact) mass is 366 g/mol. The predicted molar refractivity (Wildman–Crippen MR) is 108 cm³/mol. The number of unbranched alkanes of at least 4 members (excludes halogenated alkanes) is 2. The van der Waals surface area contributed by atoms with E-state index < -0.39 is 0 Å². The van der Waals surface area contributed by atoms with Crippen LogP contribution in [0.5, 0.6) is 5.75 Å². The third kappa shape index (κ3) is 7.86. The Bertz CT molecular complexity index is 769. The van der Waals surface area contributed by atoms with Crippen molar-refractivity contribution in [3.8, 4) is 11.8 Å². The van der Waals surface area contributed by atoms with Gasteiger partial charge in [-0.2, -0.15) is 10.4 Å². The van der Waals surface area contributed by atoms with E-state index in [4.69, 9.17) is 15.7 Å². The summed E-state index contributed by atoms with van der Waals surface area (Å²) in [6.45, 7) is 0.601. The Morgan fingerprint density at radius 2 is 2.00 bits per heavy atom. The zero-order chi connectivity index (χ0) is 18.5. The molecule has 0 amide bonds. The van der Waals surface area contributed by atoms with Crippen molar-refractivity contribution in [2.45, 2.75) is 25.0 Å². The molecule has 0 aliphatic heterocycles. The Hall–Kier alpha value is -2.78. The number of nitrogens with two attached hydrogens (primary N) is 1. The second kappa shape index (κ2) is 11.7. The van der Waals surface area contributed by atoms with Crippen LogP contribution in [0.4, 0.5) is 0 Å². The lowest BCUT2D eigenvalue weighted by Gasteiger charge is -2.05. The quantitative estimate of drug-likeness (QED) is 0.310. The van der Waals surface area contributed by atoms with Crippen LogP contribution in [0, 0.1) is 11.3 Å². The molecular weight excluding hydrogens is 344 g/mol. The first-order valence-electron chi connectivity index (χ1n) is 8.41. The van der Waals surface area contributed by atoms with Crippen molar-refractivity contribution in [3.63, 3.8) is 0 Å². The molecule has 6 heteroatoms. The van der Waals surface area contributed by atoms with Gasteiger partial charge in [-0.3, -0.25) is 0 Å². The van der Waals surface area contributed by atoms with Crippen LogP contribution in [-0.4, -0.2) is 18.0 Å². The molecule has 0 aliphatic carbocycles. The lowest BCUT2D eigenvalue weighted by Crippen LogP contribution is -2.06. The smallest absolute Gasteiger partial charge is 0.180 e. The highest BCUT2D eigenvalue weighted by molar-refractivity contribution is 8.13. The number of hydrogen-bond donors (Lipinski definition) is 1. The Kier molecular flexibility index (Phi) is 8.81. The largest absolute Gasteiger partial charge is 0.494 e. The molecule has 0 fully saturated rings. The molecule has 2 aromatic carbocycles. The van der Waals surface area contributed by atoms with Crippen molar-refractivity contribution in [2.24, 2.45) is 15.9 Å². The molecule has 2 aromatic rings. The van der Waals surface area contributed by atoms with E-state index in [1.54, 1.807) is 6.21 Å². The first-order chi connectivity index (χ1) is 12.8. The number of nitriles is 1. The van der Waals surface area contributed by atoms with Crippen molar-refractivity contribution >= 4 is 23.1 Å². The third-order valence-corrected chi connectivity index (χ3v) is 4.26. The second-order valence-corrected chi connectivity index (χ2v) is 6.49. The highest BCUT2D eigenvalue weighted by Gasteiger charge is 1.97. The molecule has 0 unspecified atom stereocenters. The lowest BCUT2D eigenvalue weighted by molar-refractivity contribution is 0.307. The molecule has 2 rings (SSSR count). The number of benzene rings is 2. The molecule has 0 radical (unpaired) electrons. The fourth-order valence-electron chi connectivity index (χ4n) is 2.09. The van der Waals surface area contributed by atoms with Gasteiger partial charge in [0.2, 0.25) is 0 Å². The molecule has 0 heterocycles. The molecule has 26 heavy (non-hydrogen) atoms. The lowest BCUT2D eigenvalue weighted by atomic mass is 10.2. The number of ether oxygens (including phenoxy) is 1. The van der Waals surface area contributed by atoms with Crippen LogP contribution in [0.15, 0.2) is 64.8 Å². The van der Waals surface area contributed by atoms with Gasteiger partial charge in [0.25, 0.3) is 0 Å². The standard InChI is InChI=1S/C20H22N4OS/c21-12-5-2-6-13-25-19-11-7-10-18(14-19)15-23-24-20(22)26-16-17-8-3-1-4-9-17/h1,3-4,7-11,14-15H,2,5-6,13,16H2,(H2,22,24). The number of nitrogens with zero attached hydrogens (tertiary/aromatic N) is 3. The molecule has 0 saturated carbocycles. The molecule has 0 atom stereocenters. The summed E-state index contributed by atoms with van der Waals surface area (Å²) >= 11 is 1.45. The summed E-state index contributed by atoms with van der Waals surface area (Å²) in [6, 6.07) is 19.8. The predicted octanol–water partition coefficient (Wildman–Crippen LogP) is 4.34. The zero-order valence-corrected chi connectivity index (χ0v) is 15.4. The van der Waals surface area contributed by atoms with E-state index in [9.17, 15) is 0 Å². The molecule has 0 bridgehead atoms. The molecule has 134 valence electrons. The average molecular weight is 366 g/mol. The van der Waals surface area contributed by atoms with Gasteiger partial charge in [-0.05, 0) is 36.1 Å². The summed E-state index contributed by atoms with van der Waals surface area (Å²) in [5.74, 6) is 1.54. The summed E-state index contributed by atoms with van der Waals surface area (Å²) in [5, 5.41) is 17.0. The molecular formula is C20H22N4OS. The van der Waals surface area contributed by atoms with Gasteiger partial charge in [0.1, 0.15) is 5.75 Å². The Morgan fingerprint density at radius 3 is 2.81 bits per heavy atom. The van der Waals surface area contributed by atoms with Crippen molar-refractivity contribution < 1.29 is 4.74 Å². The van der Waals surface area contributed by atoms with Gasteiger partial charge in [-0.15, -0.1) is 5.10 Å². The Balaban J connectivity index is 1.79. The summed E-state index contributed by atoms with van der Waals surface area (Å²) in [7, 11) is 0. The topological polar surface area (TPSA) is 83.8 Å². The zero-order valence-electron chi connectivity index (χ0n) is 14.5. The van der Waals surface area contributed by atoms with Crippen molar-refractivity contribution in [2.75, 3.05) is 6.61 Å². The van der Waals surface area contributed by atoms with Gasteiger partial charge in [0.15, 0.2) is 5.17 Å². The van der Waals surface area contributed by atoms with Crippen LogP contribution in [0.2, 0.25) is 0 Å². The fraction of sp³-hybridized carbons (Fsp3) is 0.250. The van der Waals surface area contributed by atoms with E-state index in [0.29, 0.717) is 18.2 Å². The van der Waals surface area contributed by atoms with E-state index in [1.165, 1.54) is 17.3 Å². The van der Waals surface area contributed by atoms with E-state index in [0.717, 1.165) is 29.9 Å². The van der Waals surface area contributed by atoms with Crippen molar-refractivity contribution in [1.29, 1.82) is 5.26 Å². The highest BCUT2D eigenvalue weighted by atomic mass is 32.2. The maximum atomic E-state index is 8.51. The van der Waals surface area contributed by atoms with E-state index in [-0.39, 0.29) is 0 Å². The molecule has 0 aromatic heterocycles. The first-order valence-corrected chi connectivity index (χ1v) is 9.39. The van der Waals surface area contributed by atoms with E-state index in [2.05, 4.69) is 28.4 Å². The van der Waals surface area contributed by atoms with Gasteiger partial charge in [-0.1, -0.05) is 54.2 Å². The summed E-state index contributed by atoms with van der Waals surface area (Å²) in [6.07, 6.45) is 3.94. The van der Waals surface area contributed by atoms with Gasteiger partial charge in [-0.25, -0.2) is 0 Å². The van der Waals surface area contributed by atoms with Gasteiger partial charge in [0, 0.05) is 12.2 Å². The van der Waals surface area contributed by atoms with Crippen LogP contribution >= 0.6 is 11.8 Å². The minimum atomic E-state index is 0.426. The summed E-state index contributed by atoms with van der Waals surface area (Å²) in [5.41, 5.74) is 7.96. The normalized spacial score (nSPS) is 11.4. The summed E-state index contributed by atoms with van der Waals surface area (Å²) < 4.78 is 5.67. The molecule has 0 spiro atoms. The van der Waals surface area contributed by atoms with Crippen LogP contribution in [0.3, 0.4) is 0 Å². The molecule has 2 N–H and O–H groups in total. The maximum absolute atomic E-state index is 8.51. The average Bonchev–Trinajstić information content (AvgIpc) is 2.67. The minimum absolute atomic E-state index is 0.426. The minimum Gasteiger partial charge on any atom is -0.494 e. The second-order valence-electron chi connectivity index (χ2n) is 5.49. The number of amidine groups is 1. The van der Waals surface area contributed by atoms with Crippen LogP contribution in [-0.2, 0) is 5.75 Å². The van der Waals surface area contributed by atoms with Gasteiger partial charge in [0.05, 0.1) is 18.9 Å². The number of thioether (sulfide) groups is 1. The van der Waals surface area contributed by atoms with Crippen molar-refractivity contribution in [1.82, 2.24) is 0 Å². The number of rotatable bonds is 9. The summed E-state index contributed by atoms with van der Waals surface area (Å²) in [4.78, 5) is 0. The van der Waals surface area contributed by atoms with Crippen LogP contribution in [0.1, 0.15) is 30.4 Å². The van der Waals surface area contributed by atoms with Crippen molar-refractivity contribution in [3.05, 3.63) is 65.7 Å². The Labute approximate surface area is 158 Å². The first kappa shape index (κ1) is 19.5. The van der Waals surface area contributed by atoms with E-state index >= 15 is 0 Å². The molecule has 5 nitrogen and oxygen atoms in total. The van der Waals surface area contributed by atoms with Gasteiger partial charge >= 0.3 is 0 Å². The number of hydrogen-bond acceptors (Lipinski definition) is 5. The highest BCUT2D eigenvalue weighted by Crippen LogP contribution is 2.14. The van der Waals surface area contributed by atoms with Crippen LogP contribution < -0.4 is 10.5 Å². The SMILES string of the molecule is N#CCCCCOc1cccc(C=NN=C(N)SCc2ccccc2)c1. The Morgan fingerprint density at radius 1 is 1.15 bits per heavy atom. The third-order valence-electron chi connectivity index (χ3n) is 3.40. The van der Waals surface area contributed by atoms with E-state index in [1.807, 2.05) is 42.5 Å². The van der Waals surface area contributed by atoms with Crippen LogP contribution in [0.25, 0.3) is 0 Å². The molecule has 0 saturated heterocycles. The molecule has 0 aliphatic rings. The van der Waals surface area contributed by atoms with Gasteiger partial charge < -0.3 is 10.5 Å².